The number of hydrogen-bond donors (Lipinski definition) is 3. The number of rotatable bonds is 3. The van der Waals surface area contributed by atoms with Gasteiger partial charge >= 0.3 is 6.03 Å². The number of pyridine rings is 1. The highest BCUT2D eigenvalue weighted by atomic mass is 19.1. The summed E-state index contributed by atoms with van der Waals surface area (Å²) < 4.78 is 19.1. The van der Waals surface area contributed by atoms with Crippen molar-refractivity contribution in [3.63, 3.8) is 0 Å². The standard InChI is InChI=1S/C16H15FN4O3/c17-11-3-1-2-10-12(6-7-24-14(10)11)21-16(23)20-9-4-5-13(15(18)22)19-8-9/h1-5,8,12H,6-7H2,(H2,18,22)(H2,20,21,23)/t12-/m0/s1. The molecule has 2 heterocycles. The second-order valence-corrected chi connectivity index (χ2v) is 5.24. The summed E-state index contributed by atoms with van der Waals surface area (Å²) in [4.78, 5) is 26.9. The summed E-state index contributed by atoms with van der Waals surface area (Å²) in [6.45, 7) is 0.313. The fourth-order valence-electron chi connectivity index (χ4n) is 2.48. The third-order valence-corrected chi connectivity index (χ3v) is 3.60. The van der Waals surface area contributed by atoms with Crippen molar-refractivity contribution < 1.29 is 18.7 Å². The number of urea groups is 1. The van der Waals surface area contributed by atoms with Crippen LogP contribution in [-0.2, 0) is 0 Å². The minimum Gasteiger partial charge on any atom is -0.490 e. The Hall–Kier alpha value is -3.16. The van der Waals surface area contributed by atoms with E-state index in [0.29, 0.717) is 24.3 Å². The molecule has 1 aromatic heterocycles. The van der Waals surface area contributed by atoms with Crippen LogP contribution < -0.4 is 21.1 Å². The highest BCUT2D eigenvalue weighted by Crippen LogP contribution is 2.33. The summed E-state index contributed by atoms with van der Waals surface area (Å²) in [6.07, 6.45) is 1.86. The van der Waals surface area contributed by atoms with Crippen LogP contribution in [0.3, 0.4) is 0 Å². The number of carbonyl (C=O) groups is 2. The van der Waals surface area contributed by atoms with Crippen LogP contribution in [0.25, 0.3) is 0 Å². The molecule has 7 nitrogen and oxygen atoms in total. The number of ether oxygens (including phenoxy) is 1. The van der Waals surface area contributed by atoms with Crippen molar-refractivity contribution in [2.45, 2.75) is 12.5 Å². The van der Waals surface area contributed by atoms with E-state index in [1.54, 1.807) is 12.1 Å². The van der Waals surface area contributed by atoms with E-state index in [-0.39, 0.29) is 17.5 Å². The number of para-hydroxylation sites is 1. The van der Waals surface area contributed by atoms with E-state index in [1.807, 2.05) is 0 Å². The average Bonchev–Trinajstić information content (AvgIpc) is 2.56. The van der Waals surface area contributed by atoms with Crippen LogP contribution in [0.4, 0.5) is 14.9 Å². The fraction of sp³-hybridized carbons (Fsp3) is 0.188. The van der Waals surface area contributed by atoms with Gasteiger partial charge in [0.25, 0.3) is 5.91 Å². The molecule has 124 valence electrons. The first kappa shape index (κ1) is 15.7. The smallest absolute Gasteiger partial charge is 0.319 e. The van der Waals surface area contributed by atoms with Crippen LogP contribution in [0.1, 0.15) is 28.5 Å². The van der Waals surface area contributed by atoms with Crippen molar-refractivity contribution in [3.8, 4) is 5.75 Å². The molecule has 3 rings (SSSR count). The molecule has 1 aliphatic heterocycles. The molecule has 24 heavy (non-hydrogen) atoms. The van der Waals surface area contributed by atoms with Crippen molar-refractivity contribution in [1.82, 2.24) is 10.3 Å². The zero-order valence-electron chi connectivity index (χ0n) is 12.6. The predicted octanol–water partition coefficient (Wildman–Crippen LogP) is 1.96. The monoisotopic (exact) mass is 330 g/mol. The minimum absolute atomic E-state index is 0.106. The van der Waals surface area contributed by atoms with Crippen LogP contribution in [0, 0.1) is 5.82 Å². The first-order valence-electron chi connectivity index (χ1n) is 7.29. The van der Waals surface area contributed by atoms with Gasteiger partial charge in [-0.1, -0.05) is 12.1 Å². The van der Waals surface area contributed by atoms with Crippen LogP contribution in [0.2, 0.25) is 0 Å². The summed E-state index contributed by atoms with van der Waals surface area (Å²) in [5.41, 5.74) is 6.21. The van der Waals surface area contributed by atoms with Gasteiger partial charge in [0.15, 0.2) is 11.6 Å². The predicted molar refractivity (Wildman–Crippen MR) is 84.2 cm³/mol. The number of anilines is 1. The number of fused-ring (bicyclic) bond motifs is 1. The minimum atomic E-state index is -0.646. The van der Waals surface area contributed by atoms with E-state index in [4.69, 9.17) is 10.5 Å². The van der Waals surface area contributed by atoms with Crippen LogP contribution >= 0.6 is 0 Å². The van der Waals surface area contributed by atoms with Gasteiger partial charge in [-0.15, -0.1) is 0 Å². The Bertz CT molecular complexity index is 779. The molecule has 0 bridgehead atoms. The van der Waals surface area contributed by atoms with Gasteiger partial charge in [0, 0.05) is 12.0 Å². The highest BCUT2D eigenvalue weighted by Gasteiger charge is 2.25. The van der Waals surface area contributed by atoms with Gasteiger partial charge in [0.2, 0.25) is 0 Å². The lowest BCUT2D eigenvalue weighted by Gasteiger charge is -2.26. The first-order valence-corrected chi connectivity index (χ1v) is 7.29. The molecular weight excluding hydrogens is 315 g/mol. The number of hydrogen-bond acceptors (Lipinski definition) is 4. The molecular formula is C16H15FN4O3. The average molecular weight is 330 g/mol. The van der Waals surface area contributed by atoms with Crippen LogP contribution in [-0.4, -0.2) is 23.5 Å². The Morgan fingerprint density at radius 2 is 2.12 bits per heavy atom. The molecule has 0 saturated carbocycles. The van der Waals surface area contributed by atoms with Crippen LogP contribution in [0.5, 0.6) is 5.75 Å². The van der Waals surface area contributed by atoms with Crippen molar-refractivity contribution in [2.24, 2.45) is 5.73 Å². The molecule has 4 N–H and O–H groups in total. The summed E-state index contributed by atoms with van der Waals surface area (Å²) in [7, 11) is 0. The molecule has 8 heteroatoms. The number of amides is 3. The Balaban J connectivity index is 1.68. The number of nitrogens with two attached hydrogens (primary N) is 1. The van der Waals surface area contributed by atoms with Gasteiger partial charge in [-0.2, -0.15) is 0 Å². The number of primary amides is 1. The third-order valence-electron chi connectivity index (χ3n) is 3.60. The maximum Gasteiger partial charge on any atom is 0.319 e. The number of benzene rings is 1. The molecule has 0 unspecified atom stereocenters. The molecule has 0 radical (unpaired) electrons. The zero-order valence-corrected chi connectivity index (χ0v) is 12.6. The maximum absolute atomic E-state index is 13.7. The number of carbonyl (C=O) groups excluding carboxylic acids is 2. The second kappa shape index (κ2) is 6.53. The van der Waals surface area contributed by atoms with E-state index in [0.717, 1.165) is 0 Å². The number of nitrogens with zero attached hydrogens (tertiary/aromatic N) is 1. The summed E-state index contributed by atoms with van der Waals surface area (Å²) in [5, 5.41) is 5.37. The molecule has 2 aromatic rings. The Morgan fingerprint density at radius 1 is 1.29 bits per heavy atom. The second-order valence-electron chi connectivity index (χ2n) is 5.24. The van der Waals surface area contributed by atoms with Crippen molar-refractivity contribution >= 4 is 17.6 Å². The van der Waals surface area contributed by atoms with E-state index in [2.05, 4.69) is 15.6 Å². The SMILES string of the molecule is NC(=O)c1ccc(NC(=O)N[C@H]2CCOc3c(F)cccc32)cn1. The third kappa shape index (κ3) is 3.27. The lowest BCUT2D eigenvalue weighted by Crippen LogP contribution is -2.35. The molecule has 1 aliphatic rings. The number of nitrogens with one attached hydrogen (secondary N) is 2. The summed E-state index contributed by atoms with van der Waals surface area (Å²) in [5.74, 6) is -0.931. The lowest BCUT2D eigenvalue weighted by atomic mass is 10.0. The fourth-order valence-corrected chi connectivity index (χ4v) is 2.48. The van der Waals surface area contributed by atoms with Gasteiger partial charge in [-0.3, -0.25) is 4.79 Å². The van der Waals surface area contributed by atoms with Gasteiger partial charge in [0.1, 0.15) is 5.69 Å². The highest BCUT2D eigenvalue weighted by molar-refractivity contribution is 5.92. The topological polar surface area (TPSA) is 106 Å². The van der Waals surface area contributed by atoms with E-state index in [1.165, 1.54) is 24.4 Å². The van der Waals surface area contributed by atoms with E-state index < -0.39 is 17.8 Å². The largest absolute Gasteiger partial charge is 0.490 e. The van der Waals surface area contributed by atoms with Crippen LogP contribution in [0.15, 0.2) is 36.5 Å². The van der Waals surface area contributed by atoms with Crippen molar-refractivity contribution in [1.29, 1.82) is 0 Å². The quantitative estimate of drug-likeness (QED) is 0.800. The molecule has 0 aliphatic carbocycles. The van der Waals surface area contributed by atoms with Gasteiger partial charge in [-0.05, 0) is 18.2 Å². The summed E-state index contributed by atoms with van der Waals surface area (Å²) in [6, 6.07) is 6.70. The Kier molecular flexibility index (Phi) is 4.28. The van der Waals surface area contributed by atoms with E-state index in [9.17, 15) is 14.0 Å². The summed E-state index contributed by atoms with van der Waals surface area (Å²) >= 11 is 0. The van der Waals surface area contributed by atoms with Crippen molar-refractivity contribution in [2.75, 3.05) is 11.9 Å². The molecule has 3 amide bonds. The Labute approximate surface area is 137 Å². The first-order chi connectivity index (χ1) is 11.5. The Morgan fingerprint density at radius 3 is 2.83 bits per heavy atom. The lowest BCUT2D eigenvalue weighted by molar-refractivity contribution is 0.0995. The maximum atomic E-state index is 13.7. The molecule has 0 spiro atoms. The number of halogens is 1. The normalized spacial score (nSPS) is 15.8. The van der Waals surface area contributed by atoms with Crippen molar-refractivity contribution in [3.05, 3.63) is 53.6 Å². The van der Waals surface area contributed by atoms with Gasteiger partial charge in [0.05, 0.1) is 24.5 Å². The van der Waals surface area contributed by atoms with Gasteiger partial charge in [-0.25, -0.2) is 14.2 Å². The zero-order chi connectivity index (χ0) is 17.1. The molecule has 0 saturated heterocycles. The molecule has 0 fully saturated rings. The van der Waals surface area contributed by atoms with Gasteiger partial charge < -0.3 is 21.1 Å². The number of aromatic nitrogens is 1. The molecule has 1 atom stereocenters. The van der Waals surface area contributed by atoms with E-state index >= 15 is 0 Å². The molecule has 1 aromatic carbocycles.